The molecule has 0 aliphatic carbocycles. The van der Waals surface area contributed by atoms with E-state index in [0.29, 0.717) is 26.9 Å². The summed E-state index contributed by atoms with van der Waals surface area (Å²) in [7, 11) is 0. The van der Waals surface area contributed by atoms with E-state index in [2.05, 4.69) is 10.6 Å². The Balaban J connectivity index is 1.45. The zero-order valence-corrected chi connectivity index (χ0v) is 25.0. The van der Waals surface area contributed by atoms with Gasteiger partial charge in [-0.15, -0.1) is 11.3 Å². The third-order valence-corrected chi connectivity index (χ3v) is 7.52. The van der Waals surface area contributed by atoms with Gasteiger partial charge in [0.05, 0.1) is 6.61 Å². The van der Waals surface area contributed by atoms with Crippen LogP contribution >= 0.6 is 22.9 Å². The van der Waals surface area contributed by atoms with Gasteiger partial charge >= 0.3 is 5.97 Å². The Labute approximate surface area is 248 Å². The Morgan fingerprint density at radius 1 is 0.927 bits per heavy atom. The molecule has 212 valence electrons. The van der Waals surface area contributed by atoms with Crippen molar-refractivity contribution in [2.24, 2.45) is 0 Å². The summed E-state index contributed by atoms with van der Waals surface area (Å²) in [5.41, 5.74) is 5.94. The van der Waals surface area contributed by atoms with Gasteiger partial charge in [-0.05, 0) is 87.7 Å². The average Bonchev–Trinajstić information content (AvgIpc) is 3.35. The van der Waals surface area contributed by atoms with Crippen LogP contribution in [0.15, 0.2) is 66.0 Å². The molecule has 0 saturated heterocycles. The first-order valence-electron chi connectivity index (χ1n) is 13.1. The summed E-state index contributed by atoms with van der Waals surface area (Å²) in [4.78, 5) is 38.7. The van der Waals surface area contributed by atoms with Crippen molar-refractivity contribution < 1.29 is 23.9 Å². The highest BCUT2D eigenvalue weighted by Gasteiger charge is 2.23. The summed E-state index contributed by atoms with van der Waals surface area (Å²) in [6, 6.07) is 17.6. The van der Waals surface area contributed by atoms with Crippen LogP contribution in [0, 0.1) is 20.8 Å². The van der Waals surface area contributed by atoms with Crippen LogP contribution in [0.5, 0.6) is 5.75 Å². The molecule has 7 nitrogen and oxygen atoms in total. The van der Waals surface area contributed by atoms with Gasteiger partial charge in [0.2, 0.25) is 0 Å². The fourth-order valence-corrected chi connectivity index (χ4v) is 5.50. The second kappa shape index (κ2) is 13.0. The first kappa shape index (κ1) is 29.8. The van der Waals surface area contributed by atoms with Crippen LogP contribution in [0.2, 0.25) is 5.02 Å². The number of carbonyl (C=O) groups is 3. The highest BCUT2D eigenvalue weighted by Crippen LogP contribution is 2.37. The molecular weight excluding hydrogens is 560 g/mol. The smallest absolute Gasteiger partial charge is 0.341 e. The summed E-state index contributed by atoms with van der Waals surface area (Å²) in [5, 5.41) is 8.54. The van der Waals surface area contributed by atoms with E-state index in [1.165, 1.54) is 11.3 Å². The molecule has 2 N–H and O–H groups in total. The largest absolute Gasteiger partial charge is 0.481 e. The van der Waals surface area contributed by atoms with Gasteiger partial charge in [-0.2, -0.15) is 0 Å². The lowest BCUT2D eigenvalue weighted by Crippen LogP contribution is -2.30. The minimum atomic E-state index is -0.765. The predicted octanol–water partition coefficient (Wildman–Crippen LogP) is 7.83. The van der Waals surface area contributed by atoms with E-state index < -0.39 is 18.0 Å². The fourth-order valence-electron chi connectivity index (χ4n) is 4.42. The maximum Gasteiger partial charge on any atom is 0.341 e. The third kappa shape index (κ3) is 7.14. The number of hydrogen-bond donors (Lipinski definition) is 2. The van der Waals surface area contributed by atoms with Crippen LogP contribution in [0.1, 0.15) is 51.3 Å². The van der Waals surface area contributed by atoms with E-state index in [-0.39, 0.29) is 18.1 Å². The van der Waals surface area contributed by atoms with E-state index in [1.807, 2.05) is 45.0 Å². The summed E-state index contributed by atoms with van der Waals surface area (Å²) in [6.45, 7) is 9.51. The molecule has 0 radical (unpaired) electrons. The number of thiophene rings is 1. The minimum absolute atomic E-state index is 0.199. The number of rotatable bonds is 9. The Hall–Kier alpha value is -4.14. The van der Waals surface area contributed by atoms with Gasteiger partial charge in [-0.1, -0.05) is 41.4 Å². The third-order valence-electron chi connectivity index (χ3n) is 6.38. The second-order valence-electron chi connectivity index (χ2n) is 9.58. The van der Waals surface area contributed by atoms with Crippen molar-refractivity contribution in [2.45, 2.75) is 40.7 Å². The monoisotopic (exact) mass is 590 g/mol. The van der Waals surface area contributed by atoms with Crippen molar-refractivity contribution in [3.8, 4) is 16.9 Å². The van der Waals surface area contributed by atoms with Gasteiger partial charge in [-0.3, -0.25) is 9.59 Å². The zero-order valence-electron chi connectivity index (χ0n) is 23.5. The summed E-state index contributed by atoms with van der Waals surface area (Å²) < 4.78 is 11.1. The van der Waals surface area contributed by atoms with Crippen molar-refractivity contribution in [1.29, 1.82) is 0 Å². The van der Waals surface area contributed by atoms with Gasteiger partial charge in [0.25, 0.3) is 11.8 Å². The van der Waals surface area contributed by atoms with E-state index >= 15 is 0 Å². The molecule has 0 unspecified atom stereocenters. The number of anilines is 2. The molecule has 4 aromatic rings. The Bertz CT molecular complexity index is 1560. The van der Waals surface area contributed by atoms with Gasteiger partial charge in [-0.25, -0.2) is 4.79 Å². The van der Waals surface area contributed by atoms with Crippen LogP contribution in [0.3, 0.4) is 0 Å². The summed E-state index contributed by atoms with van der Waals surface area (Å²) >= 11 is 7.26. The Morgan fingerprint density at radius 2 is 1.56 bits per heavy atom. The highest BCUT2D eigenvalue weighted by molar-refractivity contribution is 7.15. The van der Waals surface area contributed by atoms with E-state index in [9.17, 15) is 14.4 Å². The molecule has 0 bridgehead atoms. The maximum atomic E-state index is 13.1. The lowest BCUT2D eigenvalue weighted by Gasteiger charge is -2.18. The van der Waals surface area contributed by atoms with Gasteiger partial charge in [0.1, 0.15) is 16.3 Å². The molecular formula is C32H31ClN2O5S. The topological polar surface area (TPSA) is 93.7 Å². The molecule has 0 spiro atoms. The number of ether oxygens (including phenoxy) is 2. The first-order chi connectivity index (χ1) is 19.6. The fraction of sp³-hybridized carbons (Fsp3) is 0.219. The van der Waals surface area contributed by atoms with Crippen molar-refractivity contribution in [1.82, 2.24) is 0 Å². The van der Waals surface area contributed by atoms with Crippen molar-refractivity contribution in [3.63, 3.8) is 0 Å². The summed E-state index contributed by atoms with van der Waals surface area (Å²) in [6.07, 6.45) is -0.765. The predicted molar refractivity (Wildman–Crippen MR) is 164 cm³/mol. The Kier molecular flexibility index (Phi) is 9.47. The molecule has 0 saturated carbocycles. The van der Waals surface area contributed by atoms with E-state index in [4.69, 9.17) is 21.1 Å². The molecule has 9 heteroatoms. The standard InChI is InChI=1S/C32H31ClN2O5S/c1-6-39-32(38)27-26(22-7-11-24(33)12-8-22)17-41-31(27)35-30(37)23-9-13-25(14-10-23)40-21(5)29(36)34-28-19(3)15-18(2)16-20(28)4/h7-17,21H,6H2,1-5H3,(H,34,36)(H,35,37)/t21-/m1/s1. The second-order valence-corrected chi connectivity index (χ2v) is 10.9. The molecule has 1 heterocycles. The van der Waals surface area contributed by atoms with Gasteiger partial charge in [0.15, 0.2) is 6.10 Å². The number of carbonyl (C=O) groups excluding carboxylic acids is 3. The lowest BCUT2D eigenvalue weighted by molar-refractivity contribution is -0.122. The van der Waals surface area contributed by atoms with Crippen LogP contribution < -0.4 is 15.4 Å². The molecule has 3 aromatic carbocycles. The number of benzene rings is 3. The van der Waals surface area contributed by atoms with Crippen molar-refractivity contribution in [2.75, 3.05) is 17.2 Å². The zero-order chi connectivity index (χ0) is 29.7. The SMILES string of the molecule is CCOC(=O)c1c(-c2ccc(Cl)cc2)csc1NC(=O)c1ccc(O[C@H](C)C(=O)Nc2c(C)cc(C)cc2C)cc1. The van der Waals surface area contributed by atoms with Crippen LogP contribution in [-0.4, -0.2) is 30.5 Å². The highest BCUT2D eigenvalue weighted by atomic mass is 35.5. The van der Waals surface area contributed by atoms with Crippen molar-refractivity contribution in [3.05, 3.63) is 98.9 Å². The molecule has 0 fully saturated rings. The van der Waals surface area contributed by atoms with Crippen LogP contribution in [0.25, 0.3) is 11.1 Å². The number of hydrogen-bond acceptors (Lipinski definition) is 6. The average molecular weight is 591 g/mol. The van der Waals surface area contributed by atoms with Crippen LogP contribution in [-0.2, 0) is 9.53 Å². The normalized spacial score (nSPS) is 11.5. The molecule has 1 atom stereocenters. The number of nitrogens with one attached hydrogen (secondary N) is 2. The molecule has 0 aliphatic rings. The summed E-state index contributed by atoms with van der Waals surface area (Å²) in [5.74, 6) is -0.763. The van der Waals surface area contributed by atoms with Crippen molar-refractivity contribution >= 4 is 51.4 Å². The number of aryl methyl sites for hydroxylation is 3. The molecule has 41 heavy (non-hydrogen) atoms. The van der Waals surface area contributed by atoms with Crippen LogP contribution in [0.4, 0.5) is 10.7 Å². The molecule has 0 aliphatic heterocycles. The van der Waals surface area contributed by atoms with E-state index in [0.717, 1.165) is 27.9 Å². The maximum absolute atomic E-state index is 13.1. The number of halogens is 1. The Morgan fingerprint density at radius 3 is 2.17 bits per heavy atom. The number of amides is 2. The molecule has 2 amide bonds. The molecule has 4 rings (SSSR count). The molecule has 1 aromatic heterocycles. The van der Waals surface area contributed by atoms with E-state index in [1.54, 1.807) is 55.6 Å². The number of esters is 1. The quantitative estimate of drug-likeness (QED) is 0.194. The lowest BCUT2D eigenvalue weighted by atomic mass is 10.0. The first-order valence-corrected chi connectivity index (χ1v) is 14.3. The minimum Gasteiger partial charge on any atom is -0.481 e. The van der Waals surface area contributed by atoms with Gasteiger partial charge in [0, 0.05) is 27.2 Å². The van der Waals surface area contributed by atoms with Gasteiger partial charge < -0.3 is 20.1 Å².